The first kappa shape index (κ1) is 23.7. The maximum Gasteiger partial charge on any atom is 0.451 e. The largest absolute Gasteiger partial charge is 0.451 e. The van der Waals surface area contributed by atoms with Crippen LogP contribution < -0.4 is 5.32 Å². The molecule has 176 valence electrons. The highest BCUT2D eigenvalue weighted by molar-refractivity contribution is 8.00. The third-order valence-electron chi connectivity index (χ3n) is 5.33. The molecule has 0 unspecified atom stereocenters. The van der Waals surface area contributed by atoms with Crippen LogP contribution in [0.4, 0.5) is 13.2 Å². The first-order valence-corrected chi connectivity index (χ1v) is 11.5. The summed E-state index contributed by atoms with van der Waals surface area (Å²) >= 11 is 0.955. The molecule has 10 heteroatoms. The Hall–Kier alpha value is -3.40. The van der Waals surface area contributed by atoms with Crippen molar-refractivity contribution in [2.45, 2.75) is 38.1 Å². The highest BCUT2D eigenvalue weighted by Crippen LogP contribution is 2.32. The van der Waals surface area contributed by atoms with Crippen LogP contribution in [0.15, 0.2) is 59.6 Å². The molecule has 4 aromatic rings. The third kappa shape index (κ3) is 5.39. The summed E-state index contributed by atoms with van der Waals surface area (Å²) in [7, 11) is 0. The highest BCUT2D eigenvalue weighted by Gasteiger charge is 2.35. The van der Waals surface area contributed by atoms with E-state index in [-0.39, 0.29) is 28.7 Å². The Morgan fingerprint density at radius 2 is 1.74 bits per heavy atom. The van der Waals surface area contributed by atoms with Gasteiger partial charge < -0.3 is 5.32 Å². The summed E-state index contributed by atoms with van der Waals surface area (Å²) in [6.45, 7) is 4.74. The SMILES string of the molecule is Cc1nn(Cc2ccccc2)c(C)c1CNC(=O)CSc1nc(C(F)(F)F)nc2ccccc12. The summed E-state index contributed by atoms with van der Waals surface area (Å²) in [5.41, 5.74) is 3.99. The van der Waals surface area contributed by atoms with Gasteiger partial charge in [-0.25, -0.2) is 9.97 Å². The van der Waals surface area contributed by atoms with Crippen molar-refractivity contribution >= 4 is 28.6 Å². The monoisotopic (exact) mass is 485 g/mol. The number of fused-ring (bicyclic) bond motifs is 1. The van der Waals surface area contributed by atoms with Gasteiger partial charge in [0.2, 0.25) is 11.7 Å². The summed E-state index contributed by atoms with van der Waals surface area (Å²) in [4.78, 5) is 19.8. The van der Waals surface area contributed by atoms with Crippen molar-refractivity contribution in [1.29, 1.82) is 0 Å². The minimum Gasteiger partial charge on any atom is -0.351 e. The number of nitrogens with zero attached hydrogens (tertiary/aromatic N) is 4. The Kier molecular flexibility index (Phi) is 6.87. The molecule has 1 amide bonds. The van der Waals surface area contributed by atoms with Crippen LogP contribution in [0.25, 0.3) is 10.9 Å². The molecule has 0 radical (unpaired) electrons. The van der Waals surface area contributed by atoms with Gasteiger partial charge in [-0.1, -0.05) is 60.3 Å². The Bertz CT molecular complexity index is 1320. The number of halogens is 3. The van der Waals surface area contributed by atoms with Gasteiger partial charge in [0.15, 0.2) is 0 Å². The number of amides is 1. The molecule has 0 fully saturated rings. The Balaban J connectivity index is 1.42. The van der Waals surface area contributed by atoms with E-state index in [2.05, 4.69) is 20.4 Å². The molecule has 0 aliphatic carbocycles. The zero-order valence-electron chi connectivity index (χ0n) is 18.6. The molecule has 0 atom stereocenters. The summed E-state index contributed by atoms with van der Waals surface area (Å²) in [6.07, 6.45) is -4.67. The van der Waals surface area contributed by atoms with Gasteiger partial charge in [0, 0.05) is 23.2 Å². The fraction of sp³-hybridized carbons (Fsp3) is 0.250. The van der Waals surface area contributed by atoms with Crippen LogP contribution in [0.3, 0.4) is 0 Å². The van der Waals surface area contributed by atoms with Gasteiger partial charge in [-0.3, -0.25) is 9.48 Å². The zero-order chi connectivity index (χ0) is 24.3. The zero-order valence-corrected chi connectivity index (χ0v) is 19.4. The fourth-order valence-corrected chi connectivity index (χ4v) is 4.41. The molecule has 0 bridgehead atoms. The highest BCUT2D eigenvalue weighted by atomic mass is 32.2. The number of carbonyl (C=O) groups excluding carboxylic acids is 1. The van der Waals surface area contributed by atoms with Gasteiger partial charge >= 0.3 is 6.18 Å². The summed E-state index contributed by atoms with van der Waals surface area (Å²) < 4.78 is 41.5. The van der Waals surface area contributed by atoms with Crippen molar-refractivity contribution in [3.8, 4) is 0 Å². The third-order valence-corrected chi connectivity index (χ3v) is 6.32. The van der Waals surface area contributed by atoms with E-state index in [0.717, 1.165) is 34.3 Å². The molecule has 2 aromatic heterocycles. The van der Waals surface area contributed by atoms with E-state index in [1.165, 1.54) is 6.07 Å². The number of benzene rings is 2. The normalized spacial score (nSPS) is 11.7. The number of aromatic nitrogens is 4. The molecule has 0 saturated heterocycles. The topological polar surface area (TPSA) is 72.7 Å². The van der Waals surface area contributed by atoms with Gasteiger partial charge in [-0.2, -0.15) is 18.3 Å². The van der Waals surface area contributed by atoms with E-state index in [1.54, 1.807) is 18.2 Å². The molecule has 0 saturated carbocycles. The standard InChI is InChI=1S/C24H22F3N5OS/c1-15-19(16(2)32(31-15)13-17-8-4-3-5-9-17)12-28-21(33)14-34-22-18-10-6-7-11-20(18)29-23(30-22)24(25,26)27/h3-11H,12-14H2,1-2H3,(H,28,33). The van der Waals surface area contributed by atoms with E-state index < -0.39 is 12.0 Å². The average molecular weight is 486 g/mol. The number of rotatable bonds is 7. The number of hydrogen-bond donors (Lipinski definition) is 1. The first-order valence-electron chi connectivity index (χ1n) is 10.5. The maximum atomic E-state index is 13.2. The number of alkyl halides is 3. The average Bonchev–Trinajstić information content (AvgIpc) is 3.08. The smallest absolute Gasteiger partial charge is 0.351 e. The Labute approximate surface area is 198 Å². The lowest BCUT2D eigenvalue weighted by molar-refractivity contribution is -0.145. The molecule has 2 aromatic carbocycles. The number of thioether (sulfide) groups is 1. The van der Waals surface area contributed by atoms with Crippen molar-refractivity contribution < 1.29 is 18.0 Å². The summed E-state index contributed by atoms with van der Waals surface area (Å²) in [5, 5.41) is 8.02. The van der Waals surface area contributed by atoms with Crippen LogP contribution in [0.2, 0.25) is 0 Å². The lowest BCUT2D eigenvalue weighted by Gasteiger charge is -2.10. The molecule has 0 aliphatic heterocycles. The lowest BCUT2D eigenvalue weighted by atomic mass is 10.2. The van der Waals surface area contributed by atoms with Crippen LogP contribution in [0.5, 0.6) is 0 Å². The van der Waals surface area contributed by atoms with E-state index in [4.69, 9.17) is 0 Å². The first-order chi connectivity index (χ1) is 16.2. The molecule has 1 N–H and O–H groups in total. The molecule has 2 heterocycles. The minimum atomic E-state index is -4.67. The summed E-state index contributed by atoms with van der Waals surface area (Å²) in [5.74, 6) is -1.60. The number of para-hydroxylation sites is 1. The van der Waals surface area contributed by atoms with Crippen LogP contribution >= 0.6 is 11.8 Å². The van der Waals surface area contributed by atoms with Crippen molar-refractivity contribution in [3.05, 3.63) is 82.9 Å². The van der Waals surface area contributed by atoms with Gasteiger partial charge in [0.1, 0.15) is 5.03 Å². The van der Waals surface area contributed by atoms with E-state index in [0.29, 0.717) is 11.9 Å². The van der Waals surface area contributed by atoms with Crippen LogP contribution in [0, 0.1) is 13.8 Å². The Morgan fingerprint density at radius 1 is 1.03 bits per heavy atom. The van der Waals surface area contributed by atoms with Crippen molar-refractivity contribution in [1.82, 2.24) is 25.1 Å². The Morgan fingerprint density at radius 3 is 2.47 bits per heavy atom. The maximum absolute atomic E-state index is 13.2. The van der Waals surface area contributed by atoms with E-state index in [1.807, 2.05) is 48.9 Å². The molecule has 34 heavy (non-hydrogen) atoms. The van der Waals surface area contributed by atoms with Gasteiger partial charge in [-0.05, 0) is 25.5 Å². The van der Waals surface area contributed by atoms with E-state index in [9.17, 15) is 18.0 Å². The molecular weight excluding hydrogens is 463 g/mol. The van der Waals surface area contributed by atoms with Crippen LogP contribution in [-0.4, -0.2) is 31.4 Å². The predicted molar refractivity (Wildman–Crippen MR) is 124 cm³/mol. The number of nitrogens with one attached hydrogen (secondary N) is 1. The van der Waals surface area contributed by atoms with Gasteiger partial charge in [-0.15, -0.1) is 0 Å². The number of hydrogen-bond acceptors (Lipinski definition) is 5. The van der Waals surface area contributed by atoms with Crippen molar-refractivity contribution in [2.75, 3.05) is 5.75 Å². The molecular formula is C24H22F3N5OS. The number of carbonyl (C=O) groups is 1. The second-order valence-electron chi connectivity index (χ2n) is 7.73. The molecule has 0 aliphatic rings. The predicted octanol–water partition coefficient (Wildman–Crippen LogP) is 4.92. The van der Waals surface area contributed by atoms with Crippen molar-refractivity contribution in [3.63, 3.8) is 0 Å². The van der Waals surface area contributed by atoms with Crippen LogP contribution in [-0.2, 0) is 24.1 Å². The second kappa shape index (κ2) is 9.84. The molecule has 6 nitrogen and oxygen atoms in total. The van der Waals surface area contributed by atoms with Crippen molar-refractivity contribution in [2.24, 2.45) is 0 Å². The molecule has 4 rings (SSSR count). The van der Waals surface area contributed by atoms with Gasteiger partial charge in [0.05, 0.1) is 23.5 Å². The summed E-state index contributed by atoms with van der Waals surface area (Å²) in [6, 6.07) is 16.4. The second-order valence-corrected chi connectivity index (χ2v) is 8.69. The van der Waals surface area contributed by atoms with Gasteiger partial charge in [0.25, 0.3) is 0 Å². The quantitative estimate of drug-likeness (QED) is 0.297. The molecule has 0 spiro atoms. The lowest BCUT2D eigenvalue weighted by Crippen LogP contribution is -2.25. The van der Waals surface area contributed by atoms with Crippen LogP contribution in [0.1, 0.15) is 28.3 Å². The fourth-order valence-electron chi connectivity index (χ4n) is 3.56. The van der Waals surface area contributed by atoms with E-state index >= 15 is 0 Å². The number of aryl methyl sites for hydroxylation is 1. The minimum absolute atomic E-state index is 0.0748.